The zero-order chi connectivity index (χ0) is 16.7. The predicted octanol–water partition coefficient (Wildman–Crippen LogP) is 2.49. The lowest BCUT2D eigenvalue weighted by Crippen LogP contribution is -2.53. The average Bonchev–Trinajstić information content (AvgIpc) is 2.58. The Morgan fingerprint density at radius 3 is 2.87 bits per heavy atom. The quantitative estimate of drug-likeness (QED) is 0.792. The van der Waals surface area contributed by atoms with E-state index in [0.29, 0.717) is 13.1 Å². The molecule has 23 heavy (non-hydrogen) atoms. The van der Waals surface area contributed by atoms with Crippen molar-refractivity contribution in [1.82, 2.24) is 10.2 Å². The lowest BCUT2D eigenvalue weighted by atomic mass is 10.0. The highest BCUT2D eigenvalue weighted by atomic mass is 16.5. The molecule has 3 atom stereocenters. The SMILES string of the molecule is C=CCC[C@H](NC(=O)N1C[C@H](CO)O[C@H](C)C1)c1ccccc1. The van der Waals surface area contributed by atoms with E-state index in [1.807, 2.05) is 43.3 Å². The van der Waals surface area contributed by atoms with E-state index in [9.17, 15) is 9.90 Å². The van der Waals surface area contributed by atoms with Gasteiger partial charge in [-0.25, -0.2) is 4.79 Å². The van der Waals surface area contributed by atoms with E-state index in [4.69, 9.17) is 4.74 Å². The minimum absolute atomic E-state index is 0.0487. The molecule has 0 aliphatic carbocycles. The maximum Gasteiger partial charge on any atom is 0.318 e. The predicted molar refractivity (Wildman–Crippen MR) is 90.1 cm³/mol. The first-order valence-corrected chi connectivity index (χ1v) is 8.11. The Hall–Kier alpha value is -1.85. The van der Waals surface area contributed by atoms with Gasteiger partial charge in [-0.05, 0) is 25.3 Å². The van der Waals surface area contributed by atoms with Crippen molar-refractivity contribution in [3.05, 3.63) is 48.6 Å². The standard InChI is InChI=1S/C18H26N2O3/c1-3-4-10-17(15-8-6-5-7-9-15)19-18(22)20-11-14(2)23-16(12-20)13-21/h3,5-9,14,16-17,21H,1,4,10-13H2,2H3,(H,19,22)/t14-,16-,17+/m1/s1. The molecule has 1 aromatic carbocycles. The van der Waals surface area contributed by atoms with Crippen molar-refractivity contribution in [3.8, 4) is 0 Å². The summed E-state index contributed by atoms with van der Waals surface area (Å²) >= 11 is 0. The molecule has 1 aliphatic rings. The number of rotatable bonds is 6. The Morgan fingerprint density at radius 1 is 1.48 bits per heavy atom. The summed E-state index contributed by atoms with van der Waals surface area (Å²) in [5, 5.41) is 12.4. The summed E-state index contributed by atoms with van der Waals surface area (Å²) in [6, 6.07) is 9.79. The number of urea groups is 1. The van der Waals surface area contributed by atoms with Gasteiger partial charge in [-0.3, -0.25) is 0 Å². The van der Waals surface area contributed by atoms with Gasteiger partial charge < -0.3 is 20.1 Å². The van der Waals surface area contributed by atoms with Gasteiger partial charge in [0, 0.05) is 6.54 Å². The molecular weight excluding hydrogens is 292 g/mol. The van der Waals surface area contributed by atoms with Crippen LogP contribution in [-0.4, -0.2) is 47.9 Å². The van der Waals surface area contributed by atoms with Crippen LogP contribution in [0.1, 0.15) is 31.4 Å². The van der Waals surface area contributed by atoms with Crippen molar-refractivity contribution in [3.63, 3.8) is 0 Å². The first kappa shape index (κ1) is 17.5. The summed E-state index contributed by atoms with van der Waals surface area (Å²) in [4.78, 5) is 14.3. The maximum atomic E-state index is 12.6. The molecular formula is C18H26N2O3. The van der Waals surface area contributed by atoms with Gasteiger partial charge in [0.2, 0.25) is 0 Å². The number of allylic oxidation sites excluding steroid dienone is 1. The molecule has 0 saturated carbocycles. The van der Waals surface area contributed by atoms with Gasteiger partial charge in [0.15, 0.2) is 0 Å². The number of morpholine rings is 1. The Balaban J connectivity index is 2.03. The fourth-order valence-electron chi connectivity index (χ4n) is 2.84. The van der Waals surface area contributed by atoms with Crippen molar-refractivity contribution in [2.75, 3.05) is 19.7 Å². The largest absolute Gasteiger partial charge is 0.394 e. The minimum Gasteiger partial charge on any atom is -0.394 e. The second-order valence-corrected chi connectivity index (χ2v) is 5.94. The van der Waals surface area contributed by atoms with E-state index in [0.717, 1.165) is 18.4 Å². The first-order valence-electron chi connectivity index (χ1n) is 8.11. The van der Waals surface area contributed by atoms with Gasteiger partial charge in [0.1, 0.15) is 0 Å². The molecule has 1 aromatic rings. The van der Waals surface area contributed by atoms with Gasteiger partial charge in [-0.2, -0.15) is 0 Å². The van der Waals surface area contributed by atoms with E-state index in [1.165, 1.54) is 0 Å². The van der Waals surface area contributed by atoms with Crippen molar-refractivity contribution in [1.29, 1.82) is 0 Å². The van der Waals surface area contributed by atoms with Crippen molar-refractivity contribution < 1.29 is 14.6 Å². The highest BCUT2D eigenvalue weighted by Gasteiger charge is 2.29. The van der Waals surface area contributed by atoms with Crippen molar-refractivity contribution in [2.24, 2.45) is 0 Å². The van der Waals surface area contributed by atoms with E-state index >= 15 is 0 Å². The van der Waals surface area contributed by atoms with Crippen LogP contribution in [0, 0.1) is 0 Å². The summed E-state index contributed by atoms with van der Waals surface area (Å²) in [5.74, 6) is 0. The molecule has 1 saturated heterocycles. The third-order valence-corrected chi connectivity index (χ3v) is 3.98. The zero-order valence-electron chi connectivity index (χ0n) is 13.6. The van der Waals surface area contributed by atoms with Crippen LogP contribution >= 0.6 is 0 Å². The molecule has 0 aromatic heterocycles. The van der Waals surface area contributed by atoms with Crippen LogP contribution in [0.15, 0.2) is 43.0 Å². The number of nitrogens with zero attached hydrogens (tertiary/aromatic N) is 1. The fourth-order valence-corrected chi connectivity index (χ4v) is 2.84. The first-order chi connectivity index (χ1) is 11.1. The second kappa shape index (κ2) is 8.70. The van der Waals surface area contributed by atoms with E-state index in [-0.39, 0.29) is 30.9 Å². The molecule has 1 aliphatic heterocycles. The van der Waals surface area contributed by atoms with Crippen LogP contribution in [-0.2, 0) is 4.74 Å². The number of carbonyl (C=O) groups excluding carboxylic acids is 1. The van der Waals surface area contributed by atoms with Crippen LogP contribution in [0.4, 0.5) is 4.79 Å². The number of hydrogen-bond donors (Lipinski definition) is 2. The Bertz CT molecular complexity index is 506. The monoisotopic (exact) mass is 318 g/mol. The molecule has 2 rings (SSSR count). The molecule has 5 heteroatoms. The number of amides is 2. The van der Waals surface area contributed by atoms with Gasteiger partial charge in [0.05, 0.1) is 31.4 Å². The summed E-state index contributed by atoms with van der Waals surface area (Å²) in [6.07, 6.45) is 3.12. The molecule has 0 bridgehead atoms. The fraction of sp³-hybridized carbons (Fsp3) is 0.500. The molecule has 5 nitrogen and oxygen atoms in total. The van der Waals surface area contributed by atoms with Crippen LogP contribution in [0.3, 0.4) is 0 Å². The minimum atomic E-state index is -0.312. The average molecular weight is 318 g/mol. The smallest absolute Gasteiger partial charge is 0.318 e. The van der Waals surface area contributed by atoms with Crippen molar-refractivity contribution in [2.45, 2.75) is 38.0 Å². The normalized spacial score (nSPS) is 22.4. The molecule has 2 amide bonds. The summed E-state index contributed by atoms with van der Waals surface area (Å²) in [5.41, 5.74) is 1.09. The highest BCUT2D eigenvalue weighted by molar-refractivity contribution is 5.75. The van der Waals surface area contributed by atoms with E-state index in [2.05, 4.69) is 11.9 Å². The topological polar surface area (TPSA) is 61.8 Å². The molecule has 1 heterocycles. The van der Waals surface area contributed by atoms with Gasteiger partial charge in [0.25, 0.3) is 0 Å². The van der Waals surface area contributed by atoms with Crippen LogP contribution in [0.25, 0.3) is 0 Å². The van der Waals surface area contributed by atoms with Crippen LogP contribution in [0.5, 0.6) is 0 Å². The lowest BCUT2D eigenvalue weighted by Gasteiger charge is -2.36. The number of carbonyl (C=O) groups is 1. The summed E-state index contributed by atoms with van der Waals surface area (Å²) in [6.45, 7) is 6.54. The van der Waals surface area contributed by atoms with Gasteiger partial charge >= 0.3 is 6.03 Å². The number of aliphatic hydroxyl groups is 1. The van der Waals surface area contributed by atoms with E-state index in [1.54, 1.807) is 4.90 Å². The number of hydrogen-bond acceptors (Lipinski definition) is 3. The third-order valence-electron chi connectivity index (χ3n) is 3.98. The highest BCUT2D eigenvalue weighted by Crippen LogP contribution is 2.20. The number of aliphatic hydroxyl groups excluding tert-OH is 1. The summed E-state index contributed by atoms with van der Waals surface area (Å²) in [7, 11) is 0. The van der Waals surface area contributed by atoms with Crippen LogP contribution < -0.4 is 5.32 Å². The number of ether oxygens (including phenoxy) is 1. The summed E-state index contributed by atoms with van der Waals surface area (Å²) < 4.78 is 5.59. The molecule has 1 fully saturated rings. The maximum absolute atomic E-state index is 12.6. The Labute approximate surface area is 137 Å². The Morgan fingerprint density at radius 2 is 2.22 bits per heavy atom. The molecule has 0 spiro atoms. The van der Waals surface area contributed by atoms with E-state index < -0.39 is 0 Å². The number of nitrogens with one attached hydrogen (secondary N) is 1. The Kier molecular flexibility index (Phi) is 6.62. The van der Waals surface area contributed by atoms with Crippen molar-refractivity contribution >= 4 is 6.03 Å². The molecule has 0 radical (unpaired) electrons. The number of benzene rings is 1. The third kappa shape index (κ3) is 5.08. The van der Waals surface area contributed by atoms with Crippen LogP contribution in [0.2, 0.25) is 0 Å². The van der Waals surface area contributed by atoms with Gasteiger partial charge in [-0.1, -0.05) is 36.4 Å². The second-order valence-electron chi connectivity index (χ2n) is 5.94. The molecule has 0 unspecified atom stereocenters. The molecule has 2 N–H and O–H groups in total. The lowest BCUT2D eigenvalue weighted by molar-refractivity contribution is -0.0835. The zero-order valence-corrected chi connectivity index (χ0v) is 13.6. The van der Waals surface area contributed by atoms with Gasteiger partial charge in [-0.15, -0.1) is 6.58 Å². The molecule has 126 valence electrons.